The molecule has 4 rings (SSSR count). The Bertz CT molecular complexity index is 840. The molecular formula is C22H28N4O2S. The van der Waals surface area contributed by atoms with Crippen LogP contribution < -0.4 is 0 Å². The van der Waals surface area contributed by atoms with E-state index >= 15 is 0 Å². The van der Waals surface area contributed by atoms with Crippen molar-refractivity contribution in [1.82, 2.24) is 19.7 Å². The number of rotatable bonds is 4. The molecule has 154 valence electrons. The number of amides is 2. The summed E-state index contributed by atoms with van der Waals surface area (Å²) < 4.78 is 0. The Balaban J connectivity index is 1.33. The number of nitrogens with zero attached hydrogens (tertiary/aromatic N) is 4. The molecule has 0 N–H and O–H groups in total. The van der Waals surface area contributed by atoms with Gasteiger partial charge in [0.25, 0.3) is 5.91 Å². The average molecular weight is 413 g/mol. The number of likely N-dealkylation sites (tertiary alicyclic amines) is 1. The van der Waals surface area contributed by atoms with Gasteiger partial charge in [0, 0.05) is 50.2 Å². The lowest BCUT2D eigenvalue weighted by atomic mass is 10.1. The Morgan fingerprint density at radius 3 is 2.31 bits per heavy atom. The first-order chi connectivity index (χ1) is 14.1. The molecule has 0 aliphatic carbocycles. The Hall–Kier alpha value is -2.25. The lowest BCUT2D eigenvalue weighted by Gasteiger charge is -2.39. The third-order valence-corrected chi connectivity index (χ3v) is 6.81. The lowest BCUT2D eigenvalue weighted by Crippen LogP contribution is -2.56. The van der Waals surface area contributed by atoms with Crippen molar-refractivity contribution < 1.29 is 9.59 Å². The molecule has 29 heavy (non-hydrogen) atoms. The summed E-state index contributed by atoms with van der Waals surface area (Å²) in [6.45, 7) is 6.49. The maximum Gasteiger partial charge on any atom is 0.273 e. The molecular weight excluding hydrogens is 384 g/mol. The van der Waals surface area contributed by atoms with Crippen molar-refractivity contribution in [3.63, 3.8) is 0 Å². The number of thiazole rings is 1. The third kappa shape index (κ3) is 4.51. The monoisotopic (exact) mass is 412 g/mol. The molecule has 6 nitrogen and oxygen atoms in total. The van der Waals surface area contributed by atoms with Crippen LogP contribution in [-0.2, 0) is 4.79 Å². The minimum Gasteiger partial charge on any atom is -0.341 e. The first kappa shape index (κ1) is 20.0. The van der Waals surface area contributed by atoms with Crippen LogP contribution in [0, 0.1) is 0 Å². The van der Waals surface area contributed by atoms with Gasteiger partial charge in [-0.2, -0.15) is 0 Å². The summed E-state index contributed by atoms with van der Waals surface area (Å²) in [5, 5.41) is 2.72. The molecule has 2 saturated heterocycles. The van der Waals surface area contributed by atoms with Gasteiger partial charge in [-0.05, 0) is 26.2 Å². The van der Waals surface area contributed by atoms with Gasteiger partial charge >= 0.3 is 0 Å². The van der Waals surface area contributed by atoms with E-state index < -0.39 is 0 Å². The van der Waals surface area contributed by atoms with E-state index in [4.69, 9.17) is 0 Å². The van der Waals surface area contributed by atoms with Crippen LogP contribution in [0.15, 0.2) is 35.7 Å². The highest BCUT2D eigenvalue weighted by Gasteiger charge is 2.31. The van der Waals surface area contributed by atoms with E-state index in [1.807, 2.05) is 52.4 Å². The summed E-state index contributed by atoms with van der Waals surface area (Å²) in [6, 6.07) is 9.82. The van der Waals surface area contributed by atoms with E-state index in [1.165, 1.54) is 17.8 Å². The zero-order chi connectivity index (χ0) is 20.2. The van der Waals surface area contributed by atoms with Gasteiger partial charge in [-0.1, -0.05) is 30.3 Å². The second kappa shape index (κ2) is 9.05. The van der Waals surface area contributed by atoms with E-state index in [1.54, 1.807) is 0 Å². The molecule has 0 saturated carbocycles. The Morgan fingerprint density at radius 2 is 1.62 bits per heavy atom. The molecule has 1 aromatic carbocycles. The summed E-state index contributed by atoms with van der Waals surface area (Å²) in [5.41, 5.74) is 1.55. The molecule has 3 heterocycles. The minimum atomic E-state index is -0.116. The highest BCUT2D eigenvalue weighted by atomic mass is 32.1. The van der Waals surface area contributed by atoms with E-state index in [-0.39, 0.29) is 17.9 Å². The summed E-state index contributed by atoms with van der Waals surface area (Å²) in [5.74, 6) is 0.217. The summed E-state index contributed by atoms with van der Waals surface area (Å²) in [4.78, 5) is 36.3. The van der Waals surface area contributed by atoms with E-state index in [0.29, 0.717) is 18.8 Å². The van der Waals surface area contributed by atoms with Crippen molar-refractivity contribution >= 4 is 23.2 Å². The second-order valence-electron chi connectivity index (χ2n) is 7.79. The number of hydrogen-bond acceptors (Lipinski definition) is 5. The summed E-state index contributed by atoms with van der Waals surface area (Å²) in [7, 11) is 0. The Morgan fingerprint density at radius 1 is 0.931 bits per heavy atom. The summed E-state index contributed by atoms with van der Waals surface area (Å²) in [6.07, 6.45) is 3.44. The lowest BCUT2D eigenvalue weighted by molar-refractivity contribution is -0.137. The number of carbonyl (C=O) groups is 2. The molecule has 2 aliphatic heterocycles. The van der Waals surface area contributed by atoms with Gasteiger partial charge in [0.2, 0.25) is 5.91 Å². The van der Waals surface area contributed by atoms with Crippen molar-refractivity contribution in [1.29, 1.82) is 0 Å². The number of hydrogen-bond donors (Lipinski definition) is 0. The molecule has 0 spiro atoms. The van der Waals surface area contributed by atoms with Crippen LogP contribution in [-0.4, -0.2) is 76.8 Å². The number of aromatic nitrogens is 1. The number of benzene rings is 1. The van der Waals surface area contributed by atoms with Crippen molar-refractivity contribution in [2.24, 2.45) is 0 Å². The number of piperazine rings is 1. The molecule has 2 fully saturated rings. The molecule has 2 aliphatic rings. The van der Waals surface area contributed by atoms with Crippen LogP contribution in [0.3, 0.4) is 0 Å². The fourth-order valence-electron chi connectivity index (χ4n) is 4.09. The Kier molecular flexibility index (Phi) is 6.25. The highest BCUT2D eigenvalue weighted by Crippen LogP contribution is 2.24. The van der Waals surface area contributed by atoms with Crippen LogP contribution in [0.25, 0.3) is 10.6 Å². The summed E-state index contributed by atoms with van der Waals surface area (Å²) >= 11 is 1.50. The zero-order valence-electron chi connectivity index (χ0n) is 16.9. The smallest absolute Gasteiger partial charge is 0.273 e. The van der Waals surface area contributed by atoms with Gasteiger partial charge in [0.1, 0.15) is 10.7 Å². The molecule has 0 radical (unpaired) electrons. The molecule has 7 heteroatoms. The van der Waals surface area contributed by atoms with E-state index in [9.17, 15) is 9.59 Å². The van der Waals surface area contributed by atoms with E-state index in [0.717, 1.165) is 49.6 Å². The first-order valence-electron chi connectivity index (χ1n) is 10.5. The van der Waals surface area contributed by atoms with Crippen LogP contribution >= 0.6 is 11.3 Å². The normalized spacial score (nSPS) is 19.2. The minimum absolute atomic E-state index is 0.0157. The van der Waals surface area contributed by atoms with E-state index in [2.05, 4.69) is 9.88 Å². The fraction of sp³-hybridized carbons (Fsp3) is 0.500. The third-order valence-electron chi connectivity index (χ3n) is 5.92. The van der Waals surface area contributed by atoms with Crippen LogP contribution in [0.5, 0.6) is 0 Å². The van der Waals surface area contributed by atoms with Crippen molar-refractivity contribution in [2.75, 3.05) is 39.3 Å². The van der Waals surface area contributed by atoms with Gasteiger partial charge in [-0.15, -0.1) is 11.3 Å². The molecule has 0 bridgehead atoms. The standard InChI is InChI=1S/C22H28N4O2S/c1-17(21(27)25-10-6-3-7-11-25)24-12-14-26(15-13-24)22(28)19-16-29-20(23-19)18-8-4-2-5-9-18/h2,4-5,8-9,16-17H,3,6-7,10-15H2,1H3. The fourth-order valence-corrected chi connectivity index (χ4v) is 4.89. The van der Waals surface area contributed by atoms with Crippen molar-refractivity contribution in [3.8, 4) is 10.6 Å². The zero-order valence-corrected chi connectivity index (χ0v) is 17.7. The van der Waals surface area contributed by atoms with Crippen LogP contribution in [0.2, 0.25) is 0 Å². The van der Waals surface area contributed by atoms with Gasteiger partial charge in [-0.3, -0.25) is 14.5 Å². The van der Waals surface area contributed by atoms with Gasteiger partial charge in [0.15, 0.2) is 0 Å². The van der Waals surface area contributed by atoms with Crippen molar-refractivity contribution in [2.45, 2.75) is 32.2 Å². The van der Waals surface area contributed by atoms with Gasteiger partial charge < -0.3 is 9.80 Å². The molecule has 1 unspecified atom stereocenters. The first-order valence-corrected chi connectivity index (χ1v) is 11.3. The van der Waals surface area contributed by atoms with Crippen LogP contribution in [0.4, 0.5) is 0 Å². The molecule has 2 amide bonds. The Labute approximate surface area is 176 Å². The SMILES string of the molecule is CC(C(=O)N1CCCCC1)N1CCN(C(=O)c2csc(-c3ccccc3)n2)CC1. The van der Waals surface area contributed by atoms with Gasteiger partial charge in [0.05, 0.1) is 6.04 Å². The average Bonchev–Trinajstić information content (AvgIpc) is 3.29. The topological polar surface area (TPSA) is 56.8 Å². The second-order valence-corrected chi connectivity index (χ2v) is 8.65. The molecule has 1 atom stereocenters. The molecule has 1 aromatic heterocycles. The predicted molar refractivity (Wildman–Crippen MR) is 115 cm³/mol. The maximum atomic E-state index is 12.9. The van der Waals surface area contributed by atoms with Gasteiger partial charge in [-0.25, -0.2) is 4.98 Å². The van der Waals surface area contributed by atoms with Crippen molar-refractivity contribution in [3.05, 3.63) is 41.4 Å². The maximum absolute atomic E-state index is 12.9. The van der Waals surface area contributed by atoms with Crippen LogP contribution in [0.1, 0.15) is 36.7 Å². The largest absolute Gasteiger partial charge is 0.341 e. The highest BCUT2D eigenvalue weighted by molar-refractivity contribution is 7.13. The predicted octanol–water partition coefficient (Wildman–Crippen LogP) is 2.97. The number of carbonyl (C=O) groups excluding carboxylic acids is 2. The molecule has 2 aromatic rings. The number of piperidine rings is 1. The quantitative estimate of drug-likeness (QED) is 0.775.